The lowest BCUT2D eigenvalue weighted by Gasteiger charge is -2.34. The first-order valence-electron chi connectivity index (χ1n) is 21.0. The molecule has 0 heterocycles. The predicted molar refractivity (Wildman–Crippen MR) is 214 cm³/mol. The Morgan fingerprint density at radius 3 is 1.24 bits per heavy atom. The van der Waals surface area contributed by atoms with E-state index in [-0.39, 0.29) is 19.1 Å². The zero-order chi connectivity index (χ0) is 36.1. The number of rotatable bonds is 37. The zero-order valence-electron chi connectivity index (χ0n) is 32.7. The van der Waals surface area contributed by atoms with E-state index in [1.165, 1.54) is 103 Å². The summed E-state index contributed by atoms with van der Waals surface area (Å²) in [7, 11) is 0. The van der Waals surface area contributed by atoms with Crippen LogP contribution in [0.3, 0.4) is 0 Å². The molecular formula is C44H83NO4. The van der Waals surface area contributed by atoms with Gasteiger partial charge in [-0.05, 0) is 83.5 Å². The first-order chi connectivity index (χ1) is 23.9. The number of unbranched alkanes of at least 4 members (excludes halogenated alkanes) is 18. The number of allylic oxidation sites excluding steroid dienone is 8. The van der Waals surface area contributed by atoms with Crippen LogP contribution in [0.15, 0.2) is 48.6 Å². The quantitative estimate of drug-likeness (QED) is 0.0296. The van der Waals surface area contributed by atoms with Crippen molar-refractivity contribution in [3.05, 3.63) is 48.6 Å². The van der Waals surface area contributed by atoms with Crippen molar-refractivity contribution >= 4 is 0 Å². The van der Waals surface area contributed by atoms with Gasteiger partial charge in [0.05, 0.1) is 18.3 Å². The molecule has 0 fully saturated rings. The molecule has 5 N–H and O–H groups in total. The molecule has 5 heteroatoms. The molecule has 3 atom stereocenters. The van der Waals surface area contributed by atoms with Crippen LogP contribution < -0.4 is 5.73 Å². The van der Waals surface area contributed by atoms with Crippen molar-refractivity contribution in [2.24, 2.45) is 5.73 Å². The van der Waals surface area contributed by atoms with E-state index in [2.05, 4.69) is 62.5 Å². The number of ether oxygens (including phenoxy) is 1. The second-order valence-electron chi connectivity index (χ2n) is 14.4. The van der Waals surface area contributed by atoms with Crippen LogP contribution >= 0.6 is 0 Å². The summed E-state index contributed by atoms with van der Waals surface area (Å²) >= 11 is 0. The van der Waals surface area contributed by atoms with Crippen molar-refractivity contribution in [1.82, 2.24) is 0 Å². The maximum atomic E-state index is 11.6. The molecule has 0 spiro atoms. The molecule has 0 unspecified atom stereocenters. The third-order valence-corrected chi connectivity index (χ3v) is 9.57. The van der Waals surface area contributed by atoms with Gasteiger partial charge in [0, 0.05) is 25.8 Å². The summed E-state index contributed by atoms with van der Waals surface area (Å²) in [5.41, 5.74) is 5.55. The molecule has 288 valence electrons. The van der Waals surface area contributed by atoms with E-state index < -0.39 is 18.0 Å². The van der Waals surface area contributed by atoms with E-state index in [4.69, 9.17) is 10.5 Å². The highest BCUT2D eigenvalue weighted by Crippen LogP contribution is 2.28. The lowest BCUT2D eigenvalue weighted by Crippen LogP contribution is -2.41. The molecule has 49 heavy (non-hydrogen) atoms. The summed E-state index contributed by atoms with van der Waals surface area (Å²) in [6.07, 6.45) is 47.1. The second-order valence-corrected chi connectivity index (χ2v) is 14.4. The molecular weight excluding hydrogens is 606 g/mol. The number of nitrogens with two attached hydrogens (primary N) is 1. The molecule has 0 aliphatic heterocycles. The van der Waals surface area contributed by atoms with E-state index in [0.29, 0.717) is 19.3 Å². The molecule has 0 saturated carbocycles. The van der Waals surface area contributed by atoms with Gasteiger partial charge in [-0.25, -0.2) is 0 Å². The van der Waals surface area contributed by atoms with Crippen LogP contribution in [0.25, 0.3) is 0 Å². The molecule has 0 aromatic rings. The Kier molecular flexibility index (Phi) is 35.6. The van der Waals surface area contributed by atoms with Gasteiger partial charge in [0.25, 0.3) is 0 Å². The highest BCUT2D eigenvalue weighted by Gasteiger charge is 2.31. The summed E-state index contributed by atoms with van der Waals surface area (Å²) in [5, 5.41) is 32.0. The second kappa shape index (κ2) is 36.5. The van der Waals surface area contributed by atoms with E-state index >= 15 is 0 Å². The third kappa shape index (κ3) is 32.4. The number of hydrogen-bond donors (Lipinski definition) is 4. The molecule has 0 aromatic carbocycles. The normalized spacial score (nSPS) is 14.7. The van der Waals surface area contributed by atoms with Gasteiger partial charge >= 0.3 is 0 Å². The summed E-state index contributed by atoms with van der Waals surface area (Å²) in [6, 6.07) is 0. The van der Waals surface area contributed by atoms with Gasteiger partial charge in [-0.15, -0.1) is 0 Å². The van der Waals surface area contributed by atoms with Crippen LogP contribution in [-0.2, 0) is 4.74 Å². The fourth-order valence-corrected chi connectivity index (χ4v) is 6.21. The van der Waals surface area contributed by atoms with E-state index in [1.54, 1.807) is 0 Å². The van der Waals surface area contributed by atoms with Crippen molar-refractivity contribution in [2.75, 3.05) is 6.54 Å². The van der Waals surface area contributed by atoms with Crippen molar-refractivity contribution in [1.29, 1.82) is 0 Å². The van der Waals surface area contributed by atoms with Crippen LogP contribution in [0.5, 0.6) is 0 Å². The largest absolute Gasteiger partial charge is 0.390 e. The van der Waals surface area contributed by atoms with Crippen molar-refractivity contribution in [3.8, 4) is 0 Å². The Bertz CT molecular complexity index is 744. The third-order valence-electron chi connectivity index (χ3n) is 9.57. The van der Waals surface area contributed by atoms with Crippen molar-refractivity contribution in [3.63, 3.8) is 0 Å². The lowest BCUT2D eigenvalue weighted by atomic mass is 9.97. The van der Waals surface area contributed by atoms with Crippen LogP contribution in [0, 0.1) is 0 Å². The van der Waals surface area contributed by atoms with E-state index in [9.17, 15) is 15.3 Å². The maximum absolute atomic E-state index is 11.6. The Balaban J connectivity index is 4.38. The SMILES string of the molecule is CCCCC/C=C\C/C=C\CCCCCCCCC(O)(CCCCCCCC/C=C\C/C=C\CCCCC)O[C@H](CC)C[C@H](O)[C@H](O)CN. The summed E-state index contributed by atoms with van der Waals surface area (Å²) in [5.74, 6) is -1.18. The molecule has 0 radical (unpaired) electrons. The fourth-order valence-electron chi connectivity index (χ4n) is 6.21. The maximum Gasteiger partial charge on any atom is 0.165 e. The smallest absolute Gasteiger partial charge is 0.165 e. The minimum absolute atomic E-state index is 0.0154. The minimum atomic E-state index is -1.18. The summed E-state index contributed by atoms with van der Waals surface area (Å²) in [4.78, 5) is 0. The number of aliphatic hydroxyl groups excluding tert-OH is 2. The predicted octanol–water partition coefficient (Wildman–Crippen LogP) is 11.9. The van der Waals surface area contributed by atoms with Crippen LogP contribution in [0.4, 0.5) is 0 Å². The molecule has 5 nitrogen and oxygen atoms in total. The fraction of sp³-hybridized carbons (Fsp3) is 0.818. The van der Waals surface area contributed by atoms with Gasteiger partial charge < -0.3 is 25.8 Å². The molecule has 0 aromatic heterocycles. The number of aliphatic hydroxyl groups is 3. The van der Waals surface area contributed by atoms with Crippen LogP contribution in [0.2, 0.25) is 0 Å². The Morgan fingerprint density at radius 1 is 0.510 bits per heavy atom. The summed E-state index contributed by atoms with van der Waals surface area (Å²) in [6.45, 7) is 6.52. The molecule has 0 bridgehead atoms. The molecule has 0 aliphatic rings. The van der Waals surface area contributed by atoms with E-state index in [0.717, 1.165) is 51.4 Å². The first-order valence-corrected chi connectivity index (χ1v) is 21.0. The monoisotopic (exact) mass is 690 g/mol. The van der Waals surface area contributed by atoms with Gasteiger partial charge in [0.15, 0.2) is 5.79 Å². The van der Waals surface area contributed by atoms with Gasteiger partial charge in [0.2, 0.25) is 0 Å². The van der Waals surface area contributed by atoms with Gasteiger partial charge in [-0.3, -0.25) is 0 Å². The average Bonchev–Trinajstić information content (AvgIpc) is 3.10. The topological polar surface area (TPSA) is 95.9 Å². The van der Waals surface area contributed by atoms with Crippen LogP contribution in [0.1, 0.15) is 201 Å². The minimum Gasteiger partial charge on any atom is -0.390 e. The molecule has 0 aliphatic carbocycles. The molecule has 0 rings (SSSR count). The molecule has 0 amide bonds. The van der Waals surface area contributed by atoms with Crippen molar-refractivity contribution in [2.45, 2.75) is 225 Å². The average molecular weight is 690 g/mol. The Morgan fingerprint density at radius 2 is 0.878 bits per heavy atom. The van der Waals surface area contributed by atoms with Gasteiger partial charge in [-0.2, -0.15) is 0 Å². The van der Waals surface area contributed by atoms with Crippen LogP contribution in [-0.4, -0.2) is 46.0 Å². The summed E-state index contributed by atoms with van der Waals surface area (Å²) < 4.78 is 6.32. The van der Waals surface area contributed by atoms with Crippen molar-refractivity contribution < 1.29 is 20.1 Å². The first kappa shape index (κ1) is 47.8. The standard InChI is InChI=1S/C44H83NO4/c1-4-7-9-11-13-15-17-19-21-23-25-27-29-31-33-35-37-44(48,49-41(6-3)39-42(46)43(47)40-45)38-36-34-32-30-28-26-24-22-20-18-16-14-12-10-8-5-2/h13-16,19-22,41-43,46-48H,4-12,17-18,23-40,45H2,1-3H3/b15-13-,16-14-,21-19-,22-20-/t41-,42+,43-/m1/s1. The Hall–Kier alpha value is -1.24. The zero-order valence-corrected chi connectivity index (χ0v) is 32.7. The van der Waals surface area contributed by atoms with Gasteiger partial charge in [0.1, 0.15) is 0 Å². The number of hydrogen-bond acceptors (Lipinski definition) is 5. The highest BCUT2D eigenvalue weighted by molar-refractivity contribution is 4.93. The highest BCUT2D eigenvalue weighted by atomic mass is 16.6. The van der Waals surface area contributed by atoms with Gasteiger partial charge in [-0.1, -0.05) is 146 Å². The van der Waals surface area contributed by atoms with E-state index in [1.807, 2.05) is 6.92 Å². The lowest BCUT2D eigenvalue weighted by molar-refractivity contribution is -0.244. The molecule has 0 saturated heterocycles. The Labute approximate surface area is 305 Å².